The summed E-state index contributed by atoms with van der Waals surface area (Å²) in [4.78, 5) is 12.2. The predicted molar refractivity (Wildman–Crippen MR) is 81.3 cm³/mol. The zero-order valence-corrected chi connectivity index (χ0v) is 12.8. The Bertz CT molecular complexity index is 616. The van der Waals surface area contributed by atoms with E-state index in [1.807, 2.05) is 0 Å². The molecule has 1 aromatic rings. The number of hydrogen-bond donors (Lipinski definition) is 3. The minimum Gasteiger partial charge on any atom is -0.325 e. The molecule has 0 radical (unpaired) electrons. The van der Waals surface area contributed by atoms with Crippen LogP contribution in [0.2, 0.25) is 0 Å². The lowest BCUT2D eigenvalue weighted by atomic mass is 9.90. The summed E-state index contributed by atoms with van der Waals surface area (Å²) in [5, 5.41) is 11.0. The topological polar surface area (TPSA) is 101 Å². The molecule has 0 bridgehead atoms. The van der Waals surface area contributed by atoms with Crippen LogP contribution in [0.15, 0.2) is 29.2 Å². The van der Waals surface area contributed by atoms with Gasteiger partial charge in [-0.1, -0.05) is 19.4 Å². The van der Waals surface area contributed by atoms with Gasteiger partial charge >= 0.3 is 0 Å². The first-order chi connectivity index (χ1) is 9.90. The average Bonchev–Trinajstić information content (AvgIpc) is 2.46. The van der Waals surface area contributed by atoms with Gasteiger partial charge in [0.05, 0.1) is 10.9 Å². The second kappa shape index (κ2) is 6.55. The SMILES string of the molecule is CCC1CCNC(C(=O)Nc2cccc(S(N)(=O)=O)c2)C1. The molecule has 0 spiro atoms. The van der Waals surface area contributed by atoms with Crippen LogP contribution in [0.3, 0.4) is 0 Å². The molecule has 4 N–H and O–H groups in total. The summed E-state index contributed by atoms with van der Waals surface area (Å²) in [6.07, 6.45) is 2.95. The van der Waals surface area contributed by atoms with Gasteiger partial charge in [-0.15, -0.1) is 0 Å². The Morgan fingerprint density at radius 2 is 2.24 bits per heavy atom. The molecule has 21 heavy (non-hydrogen) atoms. The van der Waals surface area contributed by atoms with Crippen LogP contribution in [0.1, 0.15) is 26.2 Å². The van der Waals surface area contributed by atoms with Crippen LogP contribution in [-0.2, 0) is 14.8 Å². The maximum absolute atomic E-state index is 12.2. The van der Waals surface area contributed by atoms with Crippen molar-refractivity contribution >= 4 is 21.6 Å². The molecule has 1 heterocycles. The van der Waals surface area contributed by atoms with Crippen LogP contribution < -0.4 is 15.8 Å². The highest BCUT2D eigenvalue weighted by atomic mass is 32.2. The summed E-state index contributed by atoms with van der Waals surface area (Å²) < 4.78 is 22.6. The first-order valence-electron chi connectivity index (χ1n) is 7.07. The van der Waals surface area contributed by atoms with E-state index < -0.39 is 10.0 Å². The number of primary sulfonamides is 1. The Morgan fingerprint density at radius 1 is 1.48 bits per heavy atom. The fourth-order valence-electron chi connectivity index (χ4n) is 2.55. The highest BCUT2D eigenvalue weighted by Crippen LogP contribution is 2.21. The number of carbonyl (C=O) groups excluding carboxylic acids is 1. The second-order valence-electron chi connectivity index (χ2n) is 5.37. The number of amides is 1. The molecule has 2 unspecified atom stereocenters. The molecule has 0 saturated carbocycles. The Kier molecular flexibility index (Phi) is 4.97. The van der Waals surface area contributed by atoms with Crippen molar-refractivity contribution in [3.05, 3.63) is 24.3 Å². The number of benzene rings is 1. The van der Waals surface area contributed by atoms with Crippen molar-refractivity contribution in [1.29, 1.82) is 0 Å². The lowest BCUT2D eigenvalue weighted by Crippen LogP contribution is -2.46. The second-order valence-corrected chi connectivity index (χ2v) is 6.93. The van der Waals surface area contributed by atoms with Gasteiger partial charge < -0.3 is 10.6 Å². The van der Waals surface area contributed by atoms with Crippen LogP contribution in [-0.4, -0.2) is 26.9 Å². The first kappa shape index (κ1) is 15.9. The van der Waals surface area contributed by atoms with Gasteiger partial charge in [-0.2, -0.15) is 0 Å². The van der Waals surface area contributed by atoms with Crippen LogP contribution in [0.25, 0.3) is 0 Å². The van der Waals surface area contributed by atoms with Crippen molar-refractivity contribution in [2.24, 2.45) is 11.1 Å². The summed E-state index contributed by atoms with van der Waals surface area (Å²) in [5.41, 5.74) is 0.437. The van der Waals surface area contributed by atoms with Crippen molar-refractivity contribution in [2.75, 3.05) is 11.9 Å². The van der Waals surface area contributed by atoms with Gasteiger partial charge in [-0.25, -0.2) is 13.6 Å². The molecule has 1 aliphatic heterocycles. The molecule has 1 aliphatic rings. The van der Waals surface area contributed by atoms with Gasteiger partial charge in [-0.3, -0.25) is 4.79 Å². The van der Waals surface area contributed by atoms with E-state index in [1.165, 1.54) is 12.1 Å². The molecule has 2 rings (SSSR count). The number of carbonyl (C=O) groups is 1. The number of nitrogens with two attached hydrogens (primary N) is 1. The molecule has 1 amide bonds. The highest BCUT2D eigenvalue weighted by Gasteiger charge is 2.26. The molecule has 6 nitrogen and oxygen atoms in total. The summed E-state index contributed by atoms with van der Waals surface area (Å²) in [6, 6.07) is 5.73. The third kappa shape index (κ3) is 4.26. The molecule has 1 saturated heterocycles. The molecule has 7 heteroatoms. The standard InChI is InChI=1S/C14H21N3O3S/c1-2-10-6-7-16-13(8-10)14(18)17-11-4-3-5-12(9-11)21(15,19)20/h3-5,9-10,13,16H,2,6-8H2,1H3,(H,17,18)(H2,15,19,20). The monoisotopic (exact) mass is 311 g/mol. The van der Waals surface area contributed by atoms with E-state index in [0.717, 1.165) is 25.8 Å². The molecular formula is C14H21N3O3S. The van der Waals surface area contributed by atoms with E-state index in [-0.39, 0.29) is 16.8 Å². The molecular weight excluding hydrogens is 290 g/mol. The van der Waals surface area contributed by atoms with Crippen LogP contribution in [0.4, 0.5) is 5.69 Å². The lowest BCUT2D eigenvalue weighted by molar-refractivity contribution is -0.119. The Labute approximate surface area is 125 Å². The predicted octanol–water partition coefficient (Wildman–Crippen LogP) is 1.05. The summed E-state index contributed by atoms with van der Waals surface area (Å²) in [5.74, 6) is 0.414. The summed E-state index contributed by atoms with van der Waals surface area (Å²) >= 11 is 0. The molecule has 116 valence electrons. The van der Waals surface area contributed by atoms with Gasteiger partial charge in [0.2, 0.25) is 15.9 Å². The third-order valence-electron chi connectivity index (χ3n) is 3.84. The van der Waals surface area contributed by atoms with E-state index in [2.05, 4.69) is 17.6 Å². The van der Waals surface area contributed by atoms with E-state index in [4.69, 9.17) is 5.14 Å². The molecule has 1 aromatic carbocycles. The highest BCUT2D eigenvalue weighted by molar-refractivity contribution is 7.89. The average molecular weight is 311 g/mol. The van der Waals surface area contributed by atoms with Gasteiger partial charge in [0, 0.05) is 5.69 Å². The number of sulfonamides is 1. The maximum atomic E-state index is 12.2. The maximum Gasteiger partial charge on any atom is 0.241 e. The van der Waals surface area contributed by atoms with E-state index >= 15 is 0 Å². The first-order valence-corrected chi connectivity index (χ1v) is 8.62. The zero-order chi connectivity index (χ0) is 15.5. The van der Waals surface area contributed by atoms with Gasteiger partial charge in [0.25, 0.3) is 0 Å². The minimum absolute atomic E-state index is 0.0108. The van der Waals surface area contributed by atoms with Crippen LogP contribution >= 0.6 is 0 Å². The number of rotatable bonds is 4. The van der Waals surface area contributed by atoms with E-state index in [1.54, 1.807) is 12.1 Å². The summed E-state index contributed by atoms with van der Waals surface area (Å²) in [7, 11) is -3.77. The lowest BCUT2D eigenvalue weighted by Gasteiger charge is -2.28. The number of nitrogens with one attached hydrogen (secondary N) is 2. The van der Waals surface area contributed by atoms with E-state index in [9.17, 15) is 13.2 Å². The number of anilines is 1. The third-order valence-corrected chi connectivity index (χ3v) is 4.75. The van der Waals surface area contributed by atoms with Gasteiger partial charge in [0.1, 0.15) is 0 Å². The molecule has 2 atom stereocenters. The minimum atomic E-state index is -3.77. The van der Waals surface area contributed by atoms with Gasteiger partial charge in [0.15, 0.2) is 0 Å². The zero-order valence-electron chi connectivity index (χ0n) is 12.0. The normalized spacial score (nSPS) is 22.8. The largest absolute Gasteiger partial charge is 0.325 e. The number of hydrogen-bond acceptors (Lipinski definition) is 4. The van der Waals surface area contributed by atoms with Crippen molar-refractivity contribution < 1.29 is 13.2 Å². The number of piperidine rings is 1. The van der Waals surface area contributed by atoms with Crippen molar-refractivity contribution in [3.63, 3.8) is 0 Å². The van der Waals surface area contributed by atoms with Gasteiger partial charge in [-0.05, 0) is 43.5 Å². The van der Waals surface area contributed by atoms with Crippen molar-refractivity contribution in [2.45, 2.75) is 37.1 Å². The fourth-order valence-corrected chi connectivity index (χ4v) is 3.11. The summed E-state index contributed by atoms with van der Waals surface area (Å²) in [6.45, 7) is 2.95. The molecule has 0 aromatic heterocycles. The van der Waals surface area contributed by atoms with E-state index in [0.29, 0.717) is 11.6 Å². The quantitative estimate of drug-likeness (QED) is 0.773. The van der Waals surface area contributed by atoms with Crippen LogP contribution in [0, 0.1) is 5.92 Å². The Balaban J connectivity index is 2.06. The van der Waals surface area contributed by atoms with Crippen molar-refractivity contribution in [3.8, 4) is 0 Å². The molecule has 0 aliphatic carbocycles. The molecule has 1 fully saturated rings. The van der Waals surface area contributed by atoms with Crippen molar-refractivity contribution in [1.82, 2.24) is 5.32 Å². The Morgan fingerprint density at radius 3 is 2.90 bits per heavy atom. The van der Waals surface area contributed by atoms with Crippen LogP contribution in [0.5, 0.6) is 0 Å². The fraction of sp³-hybridized carbons (Fsp3) is 0.500. The smallest absolute Gasteiger partial charge is 0.241 e. The Hall–Kier alpha value is -1.44.